The molecule has 1 aliphatic carbocycles. The molecule has 0 amide bonds. The van der Waals surface area contributed by atoms with Crippen molar-refractivity contribution in [2.24, 2.45) is 0 Å². The predicted molar refractivity (Wildman–Crippen MR) is 57.2 cm³/mol. The Kier molecular flexibility index (Phi) is 3.19. The van der Waals surface area contributed by atoms with Gasteiger partial charge in [-0.15, -0.1) is 0 Å². The molecule has 1 aromatic heterocycles. The van der Waals surface area contributed by atoms with Crippen LogP contribution in [0.1, 0.15) is 38.6 Å². The van der Waals surface area contributed by atoms with E-state index >= 15 is 0 Å². The fraction of sp³-hybridized carbons (Fsp3) is 0.727. The molecule has 0 atom stereocenters. The van der Waals surface area contributed by atoms with Crippen molar-refractivity contribution in [3.05, 3.63) is 18.5 Å². The fourth-order valence-corrected chi connectivity index (χ4v) is 2.33. The number of rotatable bonds is 3. The molecule has 0 aromatic carbocycles. The molecule has 0 aliphatic heterocycles. The van der Waals surface area contributed by atoms with Crippen molar-refractivity contribution in [3.63, 3.8) is 0 Å². The van der Waals surface area contributed by atoms with Crippen LogP contribution in [0.4, 0.5) is 0 Å². The Morgan fingerprint density at radius 1 is 1.36 bits per heavy atom. The average Bonchev–Trinajstić information content (AvgIpc) is 2.72. The summed E-state index contributed by atoms with van der Waals surface area (Å²) in [5, 5.41) is 7.83. The van der Waals surface area contributed by atoms with Crippen molar-refractivity contribution in [1.29, 1.82) is 0 Å². The van der Waals surface area contributed by atoms with Crippen molar-refractivity contribution >= 4 is 0 Å². The molecule has 3 heteroatoms. The van der Waals surface area contributed by atoms with Crippen LogP contribution >= 0.6 is 0 Å². The molecule has 1 aliphatic rings. The lowest BCUT2D eigenvalue weighted by atomic mass is 9.91. The zero-order valence-corrected chi connectivity index (χ0v) is 8.82. The van der Waals surface area contributed by atoms with E-state index in [0.717, 1.165) is 12.6 Å². The molecule has 2 rings (SSSR count). The van der Waals surface area contributed by atoms with E-state index in [1.165, 1.54) is 25.7 Å². The number of nitrogens with one attached hydrogen (secondary N) is 1. The second kappa shape index (κ2) is 4.60. The predicted octanol–water partition coefficient (Wildman–Crippen LogP) is 1.98. The van der Waals surface area contributed by atoms with Gasteiger partial charge in [-0.2, -0.15) is 5.10 Å². The first-order valence-electron chi connectivity index (χ1n) is 5.62. The molecule has 0 unspecified atom stereocenters. The van der Waals surface area contributed by atoms with Gasteiger partial charge < -0.3 is 5.32 Å². The summed E-state index contributed by atoms with van der Waals surface area (Å²) in [6.07, 6.45) is 9.06. The first-order chi connectivity index (χ1) is 6.90. The lowest BCUT2D eigenvalue weighted by Crippen LogP contribution is -2.33. The molecule has 78 valence electrons. The average molecular weight is 193 g/mol. The van der Waals surface area contributed by atoms with Gasteiger partial charge in [0.2, 0.25) is 0 Å². The maximum absolute atomic E-state index is 4.31. The minimum Gasteiger partial charge on any atom is -0.314 e. The van der Waals surface area contributed by atoms with Crippen LogP contribution in [0.3, 0.4) is 0 Å². The van der Waals surface area contributed by atoms with Gasteiger partial charge in [-0.3, -0.25) is 4.68 Å². The number of hydrogen-bond acceptors (Lipinski definition) is 2. The Morgan fingerprint density at radius 2 is 2.14 bits per heavy atom. The van der Waals surface area contributed by atoms with E-state index < -0.39 is 0 Å². The van der Waals surface area contributed by atoms with E-state index in [-0.39, 0.29) is 0 Å². The van der Waals surface area contributed by atoms with Crippen LogP contribution in [0.5, 0.6) is 0 Å². The van der Waals surface area contributed by atoms with E-state index in [2.05, 4.69) is 28.2 Å². The third-order valence-electron chi connectivity index (χ3n) is 3.09. The van der Waals surface area contributed by atoms with Crippen molar-refractivity contribution in [3.8, 4) is 0 Å². The number of aromatic nitrogens is 2. The van der Waals surface area contributed by atoms with Crippen LogP contribution in [-0.4, -0.2) is 22.4 Å². The third kappa shape index (κ3) is 2.15. The Morgan fingerprint density at radius 3 is 2.71 bits per heavy atom. The van der Waals surface area contributed by atoms with Gasteiger partial charge >= 0.3 is 0 Å². The molecule has 0 spiro atoms. The first kappa shape index (κ1) is 9.71. The number of nitrogens with zero attached hydrogens (tertiary/aromatic N) is 2. The van der Waals surface area contributed by atoms with Crippen molar-refractivity contribution in [2.45, 2.75) is 44.7 Å². The highest BCUT2D eigenvalue weighted by Gasteiger charge is 2.21. The lowest BCUT2D eigenvalue weighted by Gasteiger charge is -2.29. The quantitative estimate of drug-likeness (QED) is 0.795. The molecule has 1 N–H and O–H groups in total. The molecule has 1 saturated carbocycles. The molecule has 0 saturated heterocycles. The van der Waals surface area contributed by atoms with Gasteiger partial charge in [-0.05, 0) is 38.3 Å². The van der Waals surface area contributed by atoms with Crippen LogP contribution in [0.25, 0.3) is 0 Å². The number of hydrogen-bond donors (Lipinski definition) is 1. The Bertz CT molecular complexity index is 248. The molecule has 0 radical (unpaired) electrons. The summed E-state index contributed by atoms with van der Waals surface area (Å²) in [5.41, 5.74) is 0. The van der Waals surface area contributed by atoms with Crippen LogP contribution in [-0.2, 0) is 0 Å². The van der Waals surface area contributed by atoms with Gasteiger partial charge in [0.1, 0.15) is 0 Å². The molecular weight excluding hydrogens is 174 g/mol. The maximum atomic E-state index is 4.31. The Hall–Kier alpha value is -0.830. The smallest absolute Gasteiger partial charge is 0.0520 e. The minimum atomic E-state index is 0.639. The van der Waals surface area contributed by atoms with Crippen LogP contribution < -0.4 is 5.32 Å². The largest absolute Gasteiger partial charge is 0.314 e. The van der Waals surface area contributed by atoms with E-state index in [0.29, 0.717) is 6.04 Å². The SMILES string of the molecule is CCNC1CCC(n2cccn2)CC1. The van der Waals surface area contributed by atoms with Gasteiger partial charge in [0.05, 0.1) is 6.04 Å². The van der Waals surface area contributed by atoms with Gasteiger partial charge in [-0.1, -0.05) is 6.92 Å². The van der Waals surface area contributed by atoms with E-state index in [9.17, 15) is 0 Å². The first-order valence-corrected chi connectivity index (χ1v) is 5.62. The van der Waals surface area contributed by atoms with E-state index in [1.807, 2.05) is 12.3 Å². The lowest BCUT2D eigenvalue weighted by molar-refractivity contribution is 0.279. The summed E-state index contributed by atoms with van der Waals surface area (Å²) in [6.45, 7) is 3.27. The summed E-state index contributed by atoms with van der Waals surface area (Å²) in [6, 6.07) is 3.39. The van der Waals surface area contributed by atoms with Crippen molar-refractivity contribution in [2.75, 3.05) is 6.54 Å². The molecule has 14 heavy (non-hydrogen) atoms. The molecule has 1 fully saturated rings. The van der Waals surface area contributed by atoms with E-state index in [1.54, 1.807) is 0 Å². The molecule has 0 bridgehead atoms. The summed E-state index contributed by atoms with van der Waals surface area (Å²) in [5.74, 6) is 0. The molecule has 3 nitrogen and oxygen atoms in total. The fourth-order valence-electron chi connectivity index (χ4n) is 2.33. The third-order valence-corrected chi connectivity index (χ3v) is 3.09. The van der Waals surface area contributed by atoms with Crippen molar-refractivity contribution < 1.29 is 0 Å². The van der Waals surface area contributed by atoms with Crippen LogP contribution in [0.2, 0.25) is 0 Å². The summed E-state index contributed by atoms with van der Waals surface area (Å²) in [4.78, 5) is 0. The Labute approximate surface area is 85.5 Å². The molecule has 1 heterocycles. The molecule has 1 aromatic rings. The second-order valence-corrected chi connectivity index (χ2v) is 4.05. The standard InChI is InChI=1S/C11H19N3/c1-2-12-10-4-6-11(7-5-10)14-9-3-8-13-14/h3,8-12H,2,4-7H2,1H3. The zero-order valence-electron chi connectivity index (χ0n) is 8.82. The van der Waals surface area contributed by atoms with Gasteiger partial charge in [0.15, 0.2) is 0 Å². The van der Waals surface area contributed by atoms with E-state index in [4.69, 9.17) is 0 Å². The Balaban J connectivity index is 1.84. The second-order valence-electron chi connectivity index (χ2n) is 4.05. The topological polar surface area (TPSA) is 29.9 Å². The summed E-state index contributed by atoms with van der Waals surface area (Å²) >= 11 is 0. The monoisotopic (exact) mass is 193 g/mol. The molecular formula is C11H19N3. The highest BCUT2D eigenvalue weighted by atomic mass is 15.3. The van der Waals surface area contributed by atoms with Crippen molar-refractivity contribution in [1.82, 2.24) is 15.1 Å². The van der Waals surface area contributed by atoms with Crippen LogP contribution in [0, 0.1) is 0 Å². The highest BCUT2D eigenvalue weighted by molar-refractivity contribution is 4.85. The zero-order chi connectivity index (χ0) is 9.80. The normalized spacial score (nSPS) is 27.8. The van der Waals surface area contributed by atoms with Crippen LogP contribution in [0.15, 0.2) is 18.5 Å². The maximum Gasteiger partial charge on any atom is 0.0520 e. The van der Waals surface area contributed by atoms with Gasteiger partial charge in [0, 0.05) is 18.4 Å². The highest BCUT2D eigenvalue weighted by Crippen LogP contribution is 2.27. The summed E-state index contributed by atoms with van der Waals surface area (Å²) < 4.78 is 2.11. The summed E-state index contributed by atoms with van der Waals surface area (Å²) in [7, 11) is 0. The minimum absolute atomic E-state index is 0.639. The van der Waals surface area contributed by atoms with Gasteiger partial charge in [-0.25, -0.2) is 0 Å². The van der Waals surface area contributed by atoms with Gasteiger partial charge in [0.25, 0.3) is 0 Å².